The van der Waals surface area contributed by atoms with E-state index in [0.29, 0.717) is 17.3 Å². The maximum absolute atomic E-state index is 7.15. The molecule has 0 saturated heterocycles. The molecule has 0 aliphatic heterocycles. The molecule has 0 radical (unpaired) electrons. The number of fused-ring (bicyclic) bond motifs is 1. The Labute approximate surface area is 334 Å². The molecule has 0 amide bonds. The van der Waals surface area contributed by atoms with Crippen molar-refractivity contribution in [1.82, 2.24) is 0 Å². The molecule has 3 rings (SSSR count). The normalized spacial score (nSPS) is 28.4. The van der Waals surface area contributed by atoms with Gasteiger partial charge in [0.15, 0.2) is 25.0 Å². The summed E-state index contributed by atoms with van der Waals surface area (Å²) in [5, 5.41) is 0.306. The maximum atomic E-state index is 7.15. The average molecular weight is 787 g/mol. The Bertz CT molecular complexity index is 1250. The molecule has 3 fully saturated rings. The van der Waals surface area contributed by atoms with Crippen LogP contribution in [0.2, 0.25) is 54.4 Å². The van der Waals surface area contributed by atoms with E-state index in [4.69, 9.17) is 19.9 Å². The van der Waals surface area contributed by atoms with Gasteiger partial charge < -0.3 is 13.3 Å². The minimum absolute atomic E-state index is 0.0275. The summed E-state index contributed by atoms with van der Waals surface area (Å²) in [6.45, 7) is 50.6. The largest absolute Gasteiger partial charge is 0.412 e. The summed E-state index contributed by atoms with van der Waals surface area (Å²) < 4.78 is 21.4. The predicted molar refractivity (Wildman–Crippen MR) is 241 cm³/mol. The lowest BCUT2D eigenvalue weighted by Crippen LogP contribution is -2.49. The van der Waals surface area contributed by atoms with Gasteiger partial charge >= 0.3 is 0 Å². The Kier molecular flexibility index (Phi) is 15.0. The molecule has 6 atom stereocenters. The van der Waals surface area contributed by atoms with Gasteiger partial charge in [-0.1, -0.05) is 120 Å². The first-order chi connectivity index (χ1) is 24.0. The molecule has 0 N–H and O–H groups in total. The van der Waals surface area contributed by atoms with Gasteiger partial charge in [0.25, 0.3) is 0 Å². The zero-order valence-corrected chi connectivity index (χ0v) is 42.0. The number of rotatable bonds is 15. The molecule has 3 aliphatic carbocycles. The Morgan fingerprint density at radius 3 is 1.72 bits per heavy atom. The fraction of sp³-hybridized carbons (Fsp3) is 0.872. The van der Waals surface area contributed by atoms with E-state index in [1.807, 2.05) is 0 Å². The van der Waals surface area contributed by atoms with Crippen LogP contribution in [0.4, 0.5) is 0 Å². The molecule has 0 aromatic heterocycles. The van der Waals surface area contributed by atoms with E-state index in [9.17, 15) is 0 Å². The molecule has 6 heteroatoms. The summed E-state index contributed by atoms with van der Waals surface area (Å²) in [6.07, 6.45) is 16.1. The Morgan fingerprint density at radius 1 is 0.774 bits per heavy atom. The second-order valence-electron chi connectivity index (χ2n) is 22.8. The second kappa shape index (κ2) is 16.9. The molecule has 0 aromatic carbocycles. The topological polar surface area (TPSA) is 27.7 Å². The molecule has 3 nitrogen and oxygen atoms in total. The molecule has 0 spiro atoms. The van der Waals surface area contributed by atoms with Crippen molar-refractivity contribution in [2.75, 3.05) is 0 Å². The second-order valence-corrected chi connectivity index (χ2v) is 37.0. The van der Waals surface area contributed by atoms with Gasteiger partial charge in [-0.15, -0.1) is 0 Å². The Morgan fingerprint density at radius 2 is 1.26 bits per heavy atom. The summed E-state index contributed by atoms with van der Waals surface area (Å²) >= 11 is 0. The first-order valence-electron chi connectivity index (χ1n) is 22.1. The van der Waals surface area contributed by atoms with Crippen LogP contribution in [0.1, 0.15) is 162 Å². The first kappa shape index (κ1) is 47.1. The number of hydrogen-bond donors (Lipinski definition) is 0. The van der Waals surface area contributed by atoms with Gasteiger partial charge in [-0.2, -0.15) is 0 Å². The van der Waals surface area contributed by atoms with Crippen LogP contribution in [0.25, 0.3) is 0 Å². The van der Waals surface area contributed by atoms with Gasteiger partial charge in [0.05, 0.1) is 17.8 Å². The van der Waals surface area contributed by atoms with E-state index >= 15 is 0 Å². The van der Waals surface area contributed by atoms with Crippen molar-refractivity contribution < 1.29 is 13.3 Å². The standard InChI is InChI=1S/C47H90O3Si3/c1-21-53(22-2,23-3)50-46(14,15)32-31-45(12,13)36(5)39-28-29-40-38(25-24-30-47(39,40)16)27-26-37-33-41(48-51(17,18)43(6,7)8)35(4)42(34-37)49-52(19,20)44(9,10)11/h26-27,36,39-42H,4,21-25,28-34H2,1-3,5-20H3/b38-27+/t36-,39+,40-,41+,42+,47+/m0/s1. The monoisotopic (exact) mass is 787 g/mol. The molecule has 0 aromatic rings. The van der Waals surface area contributed by atoms with E-state index in [0.717, 1.165) is 25.2 Å². The van der Waals surface area contributed by atoms with E-state index in [2.05, 4.69) is 142 Å². The third kappa shape index (κ3) is 10.8. The fourth-order valence-electron chi connectivity index (χ4n) is 9.79. The van der Waals surface area contributed by atoms with Crippen LogP contribution < -0.4 is 0 Å². The van der Waals surface area contributed by atoms with Crippen molar-refractivity contribution >= 4 is 25.0 Å². The smallest absolute Gasteiger partial charge is 0.192 e. The summed E-state index contributed by atoms with van der Waals surface area (Å²) in [5.41, 5.74) is 4.98. The highest BCUT2D eigenvalue weighted by atomic mass is 28.4. The van der Waals surface area contributed by atoms with Crippen LogP contribution in [0.3, 0.4) is 0 Å². The maximum Gasteiger partial charge on any atom is 0.192 e. The van der Waals surface area contributed by atoms with Crippen LogP contribution in [-0.2, 0) is 13.3 Å². The van der Waals surface area contributed by atoms with Gasteiger partial charge in [-0.05, 0) is 160 Å². The highest BCUT2D eigenvalue weighted by Crippen LogP contribution is 2.62. The van der Waals surface area contributed by atoms with Crippen LogP contribution in [0, 0.1) is 28.6 Å². The minimum Gasteiger partial charge on any atom is -0.412 e. The van der Waals surface area contributed by atoms with Crippen molar-refractivity contribution in [2.24, 2.45) is 28.6 Å². The van der Waals surface area contributed by atoms with Gasteiger partial charge in [-0.3, -0.25) is 0 Å². The quantitative estimate of drug-likeness (QED) is 0.122. The van der Waals surface area contributed by atoms with Gasteiger partial charge in [0.1, 0.15) is 0 Å². The molecule has 0 heterocycles. The highest BCUT2D eigenvalue weighted by molar-refractivity contribution is 6.74. The summed E-state index contributed by atoms with van der Waals surface area (Å²) in [6, 6.07) is 3.68. The van der Waals surface area contributed by atoms with Crippen LogP contribution in [-0.4, -0.2) is 42.8 Å². The molecule has 3 aliphatic rings. The summed E-state index contributed by atoms with van der Waals surface area (Å²) in [5.74, 6) is 2.14. The van der Waals surface area contributed by atoms with Crippen LogP contribution >= 0.6 is 0 Å². The van der Waals surface area contributed by atoms with Crippen LogP contribution in [0.5, 0.6) is 0 Å². The molecule has 0 bridgehead atoms. The molecule has 3 saturated carbocycles. The molecule has 0 unspecified atom stereocenters. The zero-order chi connectivity index (χ0) is 40.6. The van der Waals surface area contributed by atoms with E-state index < -0.39 is 25.0 Å². The van der Waals surface area contributed by atoms with Crippen molar-refractivity contribution in [3.05, 3.63) is 35.5 Å². The SMILES string of the molecule is C=C1[C@H](O[Si](C)(C)C(C)(C)C)CC(=C/C=C2\CCC[C@]3(C)[C@@H]([C@H](C)C(C)(C)CCC(C)(C)O[Si](CC)(CC)CC)CC[C@@H]23)C[C@H]1O[Si](C)(C)C(C)(C)C. The highest BCUT2D eigenvalue weighted by Gasteiger charge is 2.53. The Balaban J connectivity index is 1.85. The summed E-state index contributed by atoms with van der Waals surface area (Å²) in [4.78, 5) is 0. The van der Waals surface area contributed by atoms with E-state index in [1.165, 1.54) is 67.8 Å². The fourth-order valence-corrected chi connectivity index (χ4v) is 15.6. The molecular weight excluding hydrogens is 697 g/mol. The van der Waals surface area contributed by atoms with Crippen molar-refractivity contribution in [2.45, 2.75) is 234 Å². The molecule has 53 heavy (non-hydrogen) atoms. The zero-order valence-electron chi connectivity index (χ0n) is 39.0. The van der Waals surface area contributed by atoms with Gasteiger partial charge in [0.2, 0.25) is 0 Å². The summed E-state index contributed by atoms with van der Waals surface area (Å²) in [7, 11) is -5.62. The van der Waals surface area contributed by atoms with Crippen molar-refractivity contribution in [3.8, 4) is 0 Å². The number of allylic oxidation sites excluding steroid dienone is 3. The third-order valence-electron chi connectivity index (χ3n) is 16.4. The lowest BCUT2D eigenvalue weighted by atomic mass is 9.57. The van der Waals surface area contributed by atoms with Gasteiger partial charge in [0, 0.05) is 0 Å². The van der Waals surface area contributed by atoms with Crippen molar-refractivity contribution in [3.63, 3.8) is 0 Å². The first-order valence-corrected chi connectivity index (χ1v) is 30.5. The average Bonchev–Trinajstić information content (AvgIpc) is 3.39. The lowest BCUT2D eigenvalue weighted by molar-refractivity contribution is 0.0173. The predicted octanol–water partition coefficient (Wildman–Crippen LogP) is 15.4. The Hall–Kier alpha value is -0.249. The molecule has 308 valence electrons. The van der Waals surface area contributed by atoms with E-state index in [-0.39, 0.29) is 33.3 Å². The lowest BCUT2D eigenvalue weighted by Gasteiger charge is -2.48. The van der Waals surface area contributed by atoms with Crippen LogP contribution in [0.15, 0.2) is 35.5 Å². The van der Waals surface area contributed by atoms with E-state index in [1.54, 1.807) is 5.57 Å². The third-order valence-corrected chi connectivity index (χ3v) is 30.2. The number of hydrogen-bond acceptors (Lipinski definition) is 3. The van der Waals surface area contributed by atoms with Gasteiger partial charge in [-0.25, -0.2) is 0 Å². The molecular formula is C47H90O3Si3. The van der Waals surface area contributed by atoms with Crippen molar-refractivity contribution in [1.29, 1.82) is 0 Å². The minimum atomic E-state index is -1.99.